The third-order valence-electron chi connectivity index (χ3n) is 3.21. The van der Waals surface area contributed by atoms with Crippen molar-refractivity contribution in [2.75, 3.05) is 5.32 Å². The molecule has 2 atom stereocenters. The van der Waals surface area contributed by atoms with Gasteiger partial charge in [-0.1, -0.05) is 12.1 Å². The van der Waals surface area contributed by atoms with E-state index in [2.05, 4.69) is 10.6 Å². The van der Waals surface area contributed by atoms with Crippen LogP contribution in [0.15, 0.2) is 40.8 Å². The molecule has 5 nitrogen and oxygen atoms in total. The predicted octanol–water partition coefficient (Wildman–Crippen LogP) is 3.49. The molecule has 0 saturated heterocycles. The molecular weight excluding hydrogens is 266 g/mol. The summed E-state index contributed by atoms with van der Waals surface area (Å²) in [5.41, 5.74) is 7.52. The van der Waals surface area contributed by atoms with Gasteiger partial charge >= 0.3 is 6.03 Å². The summed E-state index contributed by atoms with van der Waals surface area (Å²) in [6.07, 6.45) is 0. The lowest BCUT2D eigenvalue weighted by Crippen LogP contribution is -2.31. The van der Waals surface area contributed by atoms with Crippen LogP contribution in [0.25, 0.3) is 0 Å². The topological polar surface area (TPSA) is 80.3 Å². The molecule has 0 aliphatic carbocycles. The van der Waals surface area contributed by atoms with Gasteiger partial charge in [0.15, 0.2) is 0 Å². The highest BCUT2D eigenvalue weighted by atomic mass is 16.3. The van der Waals surface area contributed by atoms with E-state index >= 15 is 0 Å². The molecule has 21 heavy (non-hydrogen) atoms. The summed E-state index contributed by atoms with van der Waals surface area (Å²) >= 11 is 0. The maximum Gasteiger partial charge on any atom is 0.319 e. The molecule has 0 saturated carbocycles. The number of aryl methyl sites for hydroxylation is 1. The van der Waals surface area contributed by atoms with Gasteiger partial charge in [-0.15, -0.1) is 0 Å². The van der Waals surface area contributed by atoms with Crippen molar-refractivity contribution < 1.29 is 9.21 Å². The number of benzene rings is 1. The molecule has 1 aromatic heterocycles. The molecule has 2 rings (SSSR count). The van der Waals surface area contributed by atoms with E-state index < -0.39 is 0 Å². The van der Waals surface area contributed by atoms with Crippen LogP contribution in [0.4, 0.5) is 10.5 Å². The van der Waals surface area contributed by atoms with E-state index in [-0.39, 0.29) is 18.1 Å². The number of carbonyl (C=O) groups excluding carboxylic acids is 1. The van der Waals surface area contributed by atoms with E-state index in [0.717, 1.165) is 17.1 Å². The second kappa shape index (κ2) is 6.45. The normalized spacial score (nSPS) is 13.5. The van der Waals surface area contributed by atoms with Crippen molar-refractivity contribution in [3.8, 4) is 0 Å². The number of anilines is 1. The molecule has 1 aromatic carbocycles. The number of nitrogens with one attached hydrogen (secondary N) is 2. The SMILES string of the molecule is Cc1ccc(C(C)NC(=O)Nc2cccc(C(C)N)c2)o1. The lowest BCUT2D eigenvalue weighted by Gasteiger charge is -2.14. The number of amides is 2. The smallest absolute Gasteiger partial charge is 0.319 e. The first-order chi connectivity index (χ1) is 9.95. The van der Waals surface area contributed by atoms with Gasteiger partial charge in [0.2, 0.25) is 0 Å². The molecular formula is C16H21N3O2. The Kier molecular flexibility index (Phi) is 4.65. The predicted molar refractivity (Wildman–Crippen MR) is 83.1 cm³/mol. The molecule has 5 heteroatoms. The van der Waals surface area contributed by atoms with Gasteiger partial charge in [0.05, 0.1) is 6.04 Å². The van der Waals surface area contributed by atoms with Gasteiger partial charge in [0.1, 0.15) is 11.5 Å². The number of nitrogens with two attached hydrogens (primary N) is 1. The minimum absolute atomic E-state index is 0.0696. The van der Waals surface area contributed by atoms with E-state index in [1.54, 1.807) is 0 Å². The summed E-state index contributed by atoms with van der Waals surface area (Å²) in [4.78, 5) is 12.0. The van der Waals surface area contributed by atoms with Crippen molar-refractivity contribution in [1.29, 1.82) is 0 Å². The maximum absolute atomic E-state index is 12.0. The van der Waals surface area contributed by atoms with E-state index in [0.29, 0.717) is 5.69 Å². The summed E-state index contributed by atoms with van der Waals surface area (Å²) in [6, 6.07) is 10.7. The zero-order valence-electron chi connectivity index (χ0n) is 12.5. The Morgan fingerprint density at radius 3 is 2.62 bits per heavy atom. The lowest BCUT2D eigenvalue weighted by atomic mass is 10.1. The molecule has 0 radical (unpaired) electrons. The zero-order chi connectivity index (χ0) is 15.4. The first-order valence-corrected chi connectivity index (χ1v) is 6.95. The number of furan rings is 1. The van der Waals surface area contributed by atoms with Crippen LogP contribution in [0, 0.1) is 6.92 Å². The number of hydrogen-bond acceptors (Lipinski definition) is 3. The second-order valence-corrected chi connectivity index (χ2v) is 5.18. The van der Waals surface area contributed by atoms with E-state index in [1.165, 1.54) is 0 Å². The summed E-state index contributed by atoms with van der Waals surface area (Å²) < 4.78 is 5.49. The van der Waals surface area contributed by atoms with Crippen molar-refractivity contribution in [3.05, 3.63) is 53.5 Å². The Morgan fingerprint density at radius 1 is 1.24 bits per heavy atom. The van der Waals surface area contributed by atoms with E-state index in [9.17, 15) is 4.79 Å². The summed E-state index contributed by atoms with van der Waals surface area (Å²) in [6.45, 7) is 5.65. The molecule has 2 aromatic rings. The molecule has 0 aliphatic heterocycles. The van der Waals surface area contributed by atoms with Crippen LogP contribution in [0.1, 0.15) is 43.0 Å². The first-order valence-electron chi connectivity index (χ1n) is 6.95. The summed E-state index contributed by atoms with van der Waals surface area (Å²) in [5.74, 6) is 1.55. The monoisotopic (exact) mass is 287 g/mol. The van der Waals surface area contributed by atoms with Gasteiger partial charge in [0, 0.05) is 11.7 Å². The number of urea groups is 1. The fourth-order valence-electron chi connectivity index (χ4n) is 2.02. The quantitative estimate of drug-likeness (QED) is 0.805. The van der Waals surface area contributed by atoms with Gasteiger partial charge < -0.3 is 20.8 Å². The molecule has 0 fully saturated rings. The van der Waals surface area contributed by atoms with Crippen LogP contribution in [-0.4, -0.2) is 6.03 Å². The van der Waals surface area contributed by atoms with E-state index in [4.69, 9.17) is 10.2 Å². The third-order valence-corrected chi connectivity index (χ3v) is 3.21. The highest BCUT2D eigenvalue weighted by molar-refractivity contribution is 5.89. The number of hydrogen-bond donors (Lipinski definition) is 3. The molecule has 1 heterocycles. The molecule has 0 spiro atoms. The molecule has 0 aliphatic rings. The summed E-state index contributed by atoms with van der Waals surface area (Å²) in [5, 5.41) is 5.63. The van der Waals surface area contributed by atoms with Crippen LogP contribution < -0.4 is 16.4 Å². The van der Waals surface area contributed by atoms with Crippen molar-refractivity contribution >= 4 is 11.7 Å². The first kappa shape index (κ1) is 15.1. The molecule has 0 bridgehead atoms. The van der Waals surface area contributed by atoms with Crippen LogP contribution >= 0.6 is 0 Å². The minimum Gasteiger partial charge on any atom is -0.464 e. The zero-order valence-corrected chi connectivity index (χ0v) is 12.5. The highest BCUT2D eigenvalue weighted by Gasteiger charge is 2.13. The number of carbonyl (C=O) groups is 1. The van der Waals surface area contributed by atoms with Crippen LogP contribution in [0.2, 0.25) is 0 Å². The van der Waals surface area contributed by atoms with Crippen LogP contribution in [-0.2, 0) is 0 Å². The van der Waals surface area contributed by atoms with Gasteiger partial charge in [0.25, 0.3) is 0 Å². The average Bonchev–Trinajstić information content (AvgIpc) is 2.85. The Bertz CT molecular complexity index is 619. The maximum atomic E-state index is 12.0. The Balaban J connectivity index is 1.97. The lowest BCUT2D eigenvalue weighted by molar-refractivity contribution is 0.247. The van der Waals surface area contributed by atoms with Gasteiger partial charge in [-0.05, 0) is 50.6 Å². The van der Waals surface area contributed by atoms with E-state index in [1.807, 2.05) is 57.2 Å². The molecule has 112 valence electrons. The van der Waals surface area contributed by atoms with Gasteiger partial charge in [-0.3, -0.25) is 0 Å². The standard InChI is InChI=1S/C16H21N3O2/c1-10-7-8-15(21-10)12(3)18-16(20)19-14-6-4-5-13(9-14)11(2)17/h4-9,11-12H,17H2,1-3H3,(H2,18,19,20). The molecule has 2 unspecified atom stereocenters. The van der Waals surface area contributed by atoms with Crippen molar-refractivity contribution in [2.45, 2.75) is 32.9 Å². The van der Waals surface area contributed by atoms with Crippen molar-refractivity contribution in [2.24, 2.45) is 5.73 Å². The molecule has 4 N–H and O–H groups in total. The minimum atomic E-state index is -0.279. The Hall–Kier alpha value is -2.27. The fraction of sp³-hybridized carbons (Fsp3) is 0.312. The highest BCUT2D eigenvalue weighted by Crippen LogP contribution is 2.17. The summed E-state index contributed by atoms with van der Waals surface area (Å²) in [7, 11) is 0. The van der Waals surface area contributed by atoms with Gasteiger partial charge in [-0.25, -0.2) is 4.79 Å². The molecule has 2 amide bonds. The average molecular weight is 287 g/mol. The van der Waals surface area contributed by atoms with Crippen molar-refractivity contribution in [1.82, 2.24) is 5.32 Å². The van der Waals surface area contributed by atoms with Crippen molar-refractivity contribution in [3.63, 3.8) is 0 Å². The van der Waals surface area contributed by atoms with Gasteiger partial charge in [-0.2, -0.15) is 0 Å². The Morgan fingerprint density at radius 2 is 2.00 bits per heavy atom. The third kappa shape index (κ3) is 4.10. The second-order valence-electron chi connectivity index (χ2n) is 5.18. The van der Waals surface area contributed by atoms with Crippen LogP contribution in [0.5, 0.6) is 0 Å². The number of rotatable bonds is 4. The van der Waals surface area contributed by atoms with Crippen LogP contribution in [0.3, 0.4) is 0 Å². The Labute approximate surface area is 124 Å². The largest absolute Gasteiger partial charge is 0.464 e. The fourth-order valence-corrected chi connectivity index (χ4v) is 2.02.